The average Bonchev–Trinajstić information content (AvgIpc) is 2.85. The van der Waals surface area contributed by atoms with Crippen molar-refractivity contribution < 1.29 is 9.90 Å². The first-order valence-corrected chi connectivity index (χ1v) is 13.6. The second-order valence-electron chi connectivity index (χ2n) is 9.89. The smallest absolute Gasteiger partial charge is 0.310 e. The van der Waals surface area contributed by atoms with Crippen LogP contribution in [0.2, 0.25) is 0 Å². The number of aliphatic carboxylic acids is 1. The molecule has 0 spiro atoms. The highest BCUT2D eigenvalue weighted by molar-refractivity contribution is 5.75. The molecule has 0 atom stereocenters. The number of carboxylic acids is 1. The highest BCUT2D eigenvalue weighted by Crippen LogP contribution is 2.34. The lowest BCUT2D eigenvalue weighted by molar-refractivity contribution is -0.149. The Morgan fingerprint density at radius 1 is 0.676 bits per heavy atom. The van der Waals surface area contributed by atoms with Crippen LogP contribution in [-0.2, 0) is 17.6 Å². The molecule has 0 unspecified atom stereocenters. The Morgan fingerprint density at radius 2 is 1.12 bits per heavy atom. The maximum atomic E-state index is 12.6. The predicted molar refractivity (Wildman–Crippen MR) is 145 cm³/mol. The van der Waals surface area contributed by atoms with Gasteiger partial charge in [0.2, 0.25) is 0 Å². The highest BCUT2D eigenvalue weighted by Gasteiger charge is 2.38. The molecule has 0 saturated heterocycles. The third-order valence-electron chi connectivity index (χ3n) is 6.89. The lowest BCUT2D eigenvalue weighted by Gasteiger charge is -2.30. The van der Waals surface area contributed by atoms with Crippen molar-refractivity contribution in [2.75, 3.05) is 0 Å². The summed E-state index contributed by atoms with van der Waals surface area (Å²) in [4.78, 5) is 12.6. The number of hydrogen-bond acceptors (Lipinski definition) is 1. The van der Waals surface area contributed by atoms with Crippen molar-refractivity contribution in [3.8, 4) is 0 Å². The molecule has 2 heteroatoms. The minimum atomic E-state index is -0.750. The predicted octanol–water partition coefficient (Wildman–Crippen LogP) is 9.19. The molecule has 0 aliphatic heterocycles. The summed E-state index contributed by atoms with van der Waals surface area (Å²) >= 11 is 0. The van der Waals surface area contributed by atoms with Crippen molar-refractivity contribution in [3.05, 3.63) is 83.9 Å². The summed E-state index contributed by atoms with van der Waals surface area (Å²) in [5, 5.41) is 10.3. The molecule has 1 N–H and O–H groups in total. The number of hydrogen-bond donors (Lipinski definition) is 1. The standard InChI is InChI=1S/C32H46O2/c1-2-3-4-5-6-7-8-9-10-11-12-13-14-21-26-32(31(33)34,27-29-22-17-15-18-23-29)28-30-24-19-16-20-25-30/h9-10,15-20,22-25H,2-8,11-14,21,26-28H2,1H3,(H,33,34)/b10-9-. The number of allylic oxidation sites excluding steroid dienone is 2. The van der Waals surface area contributed by atoms with Crippen LogP contribution < -0.4 is 0 Å². The molecule has 34 heavy (non-hydrogen) atoms. The van der Waals surface area contributed by atoms with E-state index in [1.54, 1.807) is 0 Å². The van der Waals surface area contributed by atoms with Crippen molar-refractivity contribution >= 4 is 5.97 Å². The SMILES string of the molecule is CCCCCCCC/C=C\CCCCCCC(Cc1ccccc1)(Cc1ccccc1)C(=O)O. The fraction of sp³-hybridized carbons (Fsp3) is 0.531. The van der Waals surface area contributed by atoms with E-state index in [0.29, 0.717) is 12.8 Å². The molecule has 0 radical (unpaired) electrons. The van der Waals surface area contributed by atoms with Gasteiger partial charge in [-0.25, -0.2) is 0 Å². The first-order chi connectivity index (χ1) is 16.7. The van der Waals surface area contributed by atoms with Gasteiger partial charge in [-0.3, -0.25) is 4.79 Å². The van der Waals surface area contributed by atoms with E-state index in [1.807, 2.05) is 36.4 Å². The van der Waals surface area contributed by atoms with Crippen LogP contribution in [0.3, 0.4) is 0 Å². The molecule has 2 nitrogen and oxygen atoms in total. The third-order valence-corrected chi connectivity index (χ3v) is 6.89. The summed E-state index contributed by atoms with van der Waals surface area (Å²) in [5.41, 5.74) is 1.47. The molecule has 0 aromatic heterocycles. The summed E-state index contributed by atoms with van der Waals surface area (Å²) in [6, 6.07) is 20.2. The van der Waals surface area contributed by atoms with E-state index < -0.39 is 11.4 Å². The van der Waals surface area contributed by atoms with Crippen molar-refractivity contribution in [2.24, 2.45) is 5.41 Å². The fourth-order valence-electron chi connectivity index (χ4n) is 4.83. The van der Waals surface area contributed by atoms with Gasteiger partial charge in [0.25, 0.3) is 0 Å². The number of unbranched alkanes of at least 4 members (excludes halogenated alkanes) is 10. The Labute approximate surface area is 208 Å². The third kappa shape index (κ3) is 11.2. The second-order valence-corrected chi connectivity index (χ2v) is 9.89. The molecule has 2 aromatic carbocycles. The molecule has 186 valence electrons. The molecule has 0 bridgehead atoms. The minimum Gasteiger partial charge on any atom is -0.481 e. The zero-order chi connectivity index (χ0) is 24.3. The van der Waals surface area contributed by atoms with Crippen molar-refractivity contribution in [1.29, 1.82) is 0 Å². The first-order valence-electron chi connectivity index (χ1n) is 13.6. The lowest BCUT2D eigenvalue weighted by atomic mass is 9.73. The first kappa shape index (κ1) is 27.9. The Hall–Kier alpha value is -2.35. The van der Waals surface area contributed by atoms with E-state index in [4.69, 9.17) is 0 Å². The summed E-state index contributed by atoms with van der Waals surface area (Å²) < 4.78 is 0. The second kappa shape index (κ2) is 17.1. The van der Waals surface area contributed by atoms with Crippen molar-refractivity contribution in [1.82, 2.24) is 0 Å². The maximum Gasteiger partial charge on any atom is 0.310 e. The van der Waals surface area contributed by atoms with Crippen molar-refractivity contribution in [3.63, 3.8) is 0 Å². The van der Waals surface area contributed by atoms with Crippen LogP contribution in [-0.4, -0.2) is 11.1 Å². The molecular formula is C32H46O2. The molecule has 0 fully saturated rings. The molecule has 0 aliphatic carbocycles. The topological polar surface area (TPSA) is 37.3 Å². The Kier molecular flexibility index (Phi) is 14.1. The van der Waals surface area contributed by atoms with Gasteiger partial charge in [0.1, 0.15) is 0 Å². The highest BCUT2D eigenvalue weighted by atomic mass is 16.4. The van der Waals surface area contributed by atoms with Crippen molar-refractivity contribution in [2.45, 2.75) is 103 Å². The average molecular weight is 463 g/mol. The largest absolute Gasteiger partial charge is 0.481 e. The monoisotopic (exact) mass is 462 g/mol. The minimum absolute atomic E-state index is 0.583. The maximum absolute atomic E-state index is 12.6. The van der Waals surface area contributed by atoms with Gasteiger partial charge in [-0.05, 0) is 56.1 Å². The van der Waals surface area contributed by atoms with Gasteiger partial charge in [0.05, 0.1) is 5.41 Å². The van der Waals surface area contributed by atoms with E-state index in [-0.39, 0.29) is 0 Å². The molecule has 0 saturated carbocycles. The van der Waals surface area contributed by atoms with E-state index in [0.717, 1.165) is 36.8 Å². The summed E-state index contributed by atoms with van der Waals surface area (Å²) in [6.45, 7) is 2.26. The molecule has 0 heterocycles. The number of carbonyl (C=O) groups is 1. The Balaban J connectivity index is 1.76. The molecular weight excluding hydrogens is 416 g/mol. The Bertz CT molecular complexity index is 753. The fourth-order valence-corrected chi connectivity index (χ4v) is 4.83. The van der Waals surface area contributed by atoms with Gasteiger partial charge in [0.15, 0.2) is 0 Å². The van der Waals surface area contributed by atoms with Crippen LogP contribution >= 0.6 is 0 Å². The van der Waals surface area contributed by atoms with Gasteiger partial charge in [-0.1, -0.05) is 131 Å². The van der Waals surface area contributed by atoms with E-state index in [9.17, 15) is 9.90 Å². The van der Waals surface area contributed by atoms with Gasteiger partial charge in [-0.15, -0.1) is 0 Å². The van der Waals surface area contributed by atoms with Crippen LogP contribution in [0.1, 0.15) is 102 Å². The number of rotatable bonds is 19. The summed E-state index contributed by atoms with van der Waals surface area (Å²) in [5.74, 6) is -0.669. The zero-order valence-electron chi connectivity index (χ0n) is 21.4. The molecule has 2 aromatic rings. The van der Waals surface area contributed by atoms with Gasteiger partial charge in [-0.2, -0.15) is 0 Å². The summed E-state index contributed by atoms with van der Waals surface area (Å²) in [6.07, 6.45) is 21.5. The van der Waals surface area contributed by atoms with Crippen LogP contribution in [0.25, 0.3) is 0 Å². The van der Waals surface area contributed by atoms with E-state index in [2.05, 4.69) is 43.3 Å². The lowest BCUT2D eigenvalue weighted by Crippen LogP contribution is -2.36. The Morgan fingerprint density at radius 3 is 1.59 bits per heavy atom. The van der Waals surface area contributed by atoms with Crippen LogP contribution in [0.15, 0.2) is 72.8 Å². The number of benzene rings is 2. The quantitative estimate of drug-likeness (QED) is 0.167. The summed E-state index contributed by atoms with van der Waals surface area (Å²) in [7, 11) is 0. The number of carboxylic acid groups (broad SMARTS) is 1. The van der Waals surface area contributed by atoms with Gasteiger partial charge < -0.3 is 5.11 Å². The molecule has 0 amide bonds. The van der Waals surface area contributed by atoms with Crippen LogP contribution in [0.5, 0.6) is 0 Å². The van der Waals surface area contributed by atoms with Crippen LogP contribution in [0, 0.1) is 5.41 Å². The van der Waals surface area contributed by atoms with Gasteiger partial charge in [0, 0.05) is 0 Å². The van der Waals surface area contributed by atoms with E-state index >= 15 is 0 Å². The molecule has 0 aliphatic rings. The normalized spacial score (nSPS) is 11.8. The zero-order valence-corrected chi connectivity index (χ0v) is 21.4. The van der Waals surface area contributed by atoms with Gasteiger partial charge >= 0.3 is 5.97 Å². The van der Waals surface area contributed by atoms with Crippen LogP contribution in [0.4, 0.5) is 0 Å². The van der Waals surface area contributed by atoms with E-state index in [1.165, 1.54) is 57.8 Å². The molecule has 2 rings (SSSR count).